The van der Waals surface area contributed by atoms with Crippen LogP contribution in [0.15, 0.2) is 42.3 Å². The number of aliphatic hydroxyl groups excluding tert-OH is 1. The molecule has 0 aliphatic heterocycles. The molecule has 2 aromatic rings. The molecule has 3 heteroatoms. The van der Waals surface area contributed by atoms with Crippen LogP contribution in [0.2, 0.25) is 0 Å². The van der Waals surface area contributed by atoms with Crippen LogP contribution in [0.1, 0.15) is 34.4 Å². The van der Waals surface area contributed by atoms with Gasteiger partial charge in [-0.2, -0.15) is 0 Å². The lowest BCUT2D eigenvalue weighted by Crippen LogP contribution is -2.06. The van der Waals surface area contributed by atoms with Gasteiger partial charge >= 0.3 is 0 Å². The zero-order chi connectivity index (χ0) is 17.3. The molecule has 1 N–H and O–H groups in total. The number of aromatic nitrogens is 1. The molecule has 3 rings (SSSR count). The van der Waals surface area contributed by atoms with Crippen molar-refractivity contribution in [3.05, 3.63) is 70.2 Å². The highest BCUT2D eigenvalue weighted by atomic mass is 16.3. The molecule has 0 saturated heterocycles. The number of aryl methyl sites for hydroxylation is 2. The van der Waals surface area contributed by atoms with Crippen LogP contribution < -0.4 is 0 Å². The third kappa shape index (κ3) is 2.83. The van der Waals surface area contributed by atoms with Crippen LogP contribution in [0.4, 0.5) is 0 Å². The average Bonchev–Trinajstić information content (AvgIpc) is 2.83. The first-order valence-corrected chi connectivity index (χ1v) is 7.95. The summed E-state index contributed by atoms with van der Waals surface area (Å²) in [5, 5.41) is 10.7. The lowest BCUT2D eigenvalue weighted by Gasteiger charge is -2.12. The number of aliphatic hydroxyl groups is 1. The summed E-state index contributed by atoms with van der Waals surface area (Å²) < 4.78 is 0. The number of carbonyl (C=O) groups is 1. The van der Waals surface area contributed by atoms with E-state index in [1.54, 1.807) is 6.20 Å². The van der Waals surface area contributed by atoms with Gasteiger partial charge in [0.2, 0.25) is 0 Å². The van der Waals surface area contributed by atoms with Crippen LogP contribution in [0, 0.1) is 32.1 Å². The molecule has 0 saturated carbocycles. The van der Waals surface area contributed by atoms with E-state index in [-0.39, 0.29) is 17.5 Å². The minimum absolute atomic E-state index is 0.0203. The van der Waals surface area contributed by atoms with Crippen LogP contribution in [0.3, 0.4) is 0 Å². The molecule has 1 aromatic heterocycles. The van der Waals surface area contributed by atoms with Crippen molar-refractivity contribution in [2.24, 2.45) is 5.92 Å². The summed E-state index contributed by atoms with van der Waals surface area (Å²) in [6.07, 6.45) is 8.06. The van der Waals surface area contributed by atoms with Crippen molar-refractivity contribution in [1.82, 2.24) is 4.98 Å². The number of nitrogens with zero attached hydrogens (tertiary/aromatic N) is 1. The number of carbonyl (C=O) groups excluding carboxylic acids is 1. The number of hydrogen-bond donors (Lipinski definition) is 1. The summed E-state index contributed by atoms with van der Waals surface area (Å²) in [5.41, 5.74) is 4.73. The Morgan fingerprint density at radius 3 is 2.58 bits per heavy atom. The highest BCUT2D eigenvalue weighted by molar-refractivity contribution is 6.24. The Balaban J connectivity index is 2.01. The molecule has 0 spiro atoms. The maximum Gasteiger partial charge on any atom is 0.167 e. The molecule has 1 atom stereocenters. The number of Topliss-reactive ketones (excluding diaryl/α,β-unsaturated/α-hetero) is 1. The first-order valence-electron chi connectivity index (χ1n) is 7.95. The number of benzene rings is 1. The molecule has 1 aliphatic carbocycles. The van der Waals surface area contributed by atoms with Gasteiger partial charge in [0.15, 0.2) is 5.78 Å². The molecule has 24 heavy (non-hydrogen) atoms. The normalized spacial score (nSPS) is 17.2. The van der Waals surface area contributed by atoms with Crippen molar-refractivity contribution in [1.29, 1.82) is 0 Å². The number of pyridine rings is 1. The van der Waals surface area contributed by atoms with Crippen molar-refractivity contribution < 1.29 is 9.90 Å². The molecule has 3 nitrogen and oxygen atoms in total. The van der Waals surface area contributed by atoms with Crippen molar-refractivity contribution in [3.63, 3.8) is 0 Å². The quantitative estimate of drug-likeness (QED) is 0.877. The van der Waals surface area contributed by atoms with Gasteiger partial charge in [0.1, 0.15) is 5.76 Å². The van der Waals surface area contributed by atoms with E-state index in [2.05, 4.69) is 10.9 Å². The van der Waals surface area contributed by atoms with Gasteiger partial charge < -0.3 is 5.11 Å². The standard InChI is InChI=1S/C21H19NO2/c1-4-15-9-13(2)19(14(3)10-15)20-18(23)12-16(21(20)24)11-17-7-5-6-8-22-17/h1,5-10,16,24H,11-12H2,2-3H3. The number of hydrogen-bond acceptors (Lipinski definition) is 3. The molecule has 1 aliphatic rings. The van der Waals surface area contributed by atoms with Gasteiger partial charge in [-0.1, -0.05) is 12.0 Å². The summed E-state index contributed by atoms with van der Waals surface area (Å²) in [4.78, 5) is 16.9. The van der Waals surface area contributed by atoms with Gasteiger partial charge in [-0.05, 0) is 61.2 Å². The fourth-order valence-corrected chi connectivity index (χ4v) is 3.42. The molecule has 0 radical (unpaired) electrons. The molecule has 0 bridgehead atoms. The molecule has 1 aromatic carbocycles. The molecule has 120 valence electrons. The number of ketones is 1. The lowest BCUT2D eigenvalue weighted by molar-refractivity contribution is -0.113. The highest BCUT2D eigenvalue weighted by Crippen LogP contribution is 2.38. The highest BCUT2D eigenvalue weighted by Gasteiger charge is 2.34. The Labute approximate surface area is 142 Å². The van der Waals surface area contributed by atoms with Crippen molar-refractivity contribution in [3.8, 4) is 12.3 Å². The second kappa shape index (κ2) is 6.33. The molecule has 1 heterocycles. The molecule has 1 unspecified atom stereocenters. The first-order chi connectivity index (χ1) is 11.5. The van der Waals surface area contributed by atoms with Crippen LogP contribution in [0.5, 0.6) is 0 Å². The topological polar surface area (TPSA) is 50.2 Å². The van der Waals surface area contributed by atoms with Crippen LogP contribution in [-0.2, 0) is 11.2 Å². The molecule has 0 fully saturated rings. The molecular formula is C21H19NO2. The fraction of sp³-hybridized carbons (Fsp3) is 0.238. The maximum absolute atomic E-state index is 12.6. The van der Waals surface area contributed by atoms with Gasteiger partial charge in [0, 0.05) is 29.8 Å². The lowest BCUT2D eigenvalue weighted by atomic mass is 9.92. The fourth-order valence-electron chi connectivity index (χ4n) is 3.42. The van der Waals surface area contributed by atoms with Crippen LogP contribution in [-0.4, -0.2) is 15.9 Å². The number of allylic oxidation sites excluding steroid dienone is 2. The Kier molecular flexibility index (Phi) is 4.22. The molecular weight excluding hydrogens is 298 g/mol. The number of rotatable bonds is 3. The maximum atomic E-state index is 12.6. The summed E-state index contributed by atoms with van der Waals surface area (Å²) in [6.45, 7) is 3.84. The summed E-state index contributed by atoms with van der Waals surface area (Å²) >= 11 is 0. The van der Waals surface area contributed by atoms with E-state index in [0.29, 0.717) is 18.4 Å². The van der Waals surface area contributed by atoms with Crippen LogP contribution in [0.25, 0.3) is 5.57 Å². The summed E-state index contributed by atoms with van der Waals surface area (Å²) in [7, 11) is 0. The average molecular weight is 317 g/mol. The van der Waals surface area contributed by atoms with Gasteiger partial charge in [-0.25, -0.2) is 0 Å². The molecule has 0 amide bonds. The second-order valence-electron chi connectivity index (χ2n) is 6.24. The second-order valence-corrected chi connectivity index (χ2v) is 6.24. The van der Waals surface area contributed by atoms with E-state index in [1.165, 1.54) is 0 Å². The van der Waals surface area contributed by atoms with E-state index in [9.17, 15) is 9.90 Å². The Morgan fingerprint density at radius 1 is 1.29 bits per heavy atom. The predicted molar refractivity (Wildman–Crippen MR) is 94.5 cm³/mol. The zero-order valence-electron chi connectivity index (χ0n) is 13.8. The van der Waals surface area contributed by atoms with E-state index >= 15 is 0 Å². The first kappa shape index (κ1) is 16.0. The van der Waals surface area contributed by atoms with E-state index < -0.39 is 0 Å². The van der Waals surface area contributed by atoms with Crippen molar-refractivity contribution >= 4 is 11.4 Å². The Bertz CT molecular complexity index is 849. The third-order valence-corrected chi connectivity index (χ3v) is 4.48. The van der Waals surface area contributed by atoms with Crippen molar-refractivity contribution in [2.45, 2.75) is 26.7 Å². The van der Waals surface area contributed by atoms with Gasteiger partial charge in [0.05, 0.1) is 5.57 Å². The summed E-state index contributed by atoms with van der Waals surface area (Å²) in [6, 6.07) is 9.43. The monoisotopic (exact) mass is 317 g/mol. The Hall–Kier alpha value is -2.86. The Morgan fingerprint density at radius 2 is 2.00 bits per heavy atom. The largest absolute Gasteiger partial charge is 0.511 e. The summed E-state index contributed by atoms with van der Waals surface area (Å²) in [5.74, 6) is 2.56. The van der Waals surface area contributed by atoms with E-state index in [0.717, 1.165) is 27.9 Å². The number of terminal acetylenes is 1. The minimum atomic E-state index is -0.214. The van der Waals surface area contributed by atoms with Gasteiger partial charge in [0.25, 0.3) is 0 Å². The van der Waals surface area contributed by atoms with E-state index in [4.69, 9.17) is 6.42 Å². The SMILES string of the molecule is C#Cc1cc(C)c(C2=C(O)C(Cc3ccccn3)CC2=O)c(C)c1. The predicted octanol–water partition coefficient (Wildman–Crippen LogP) is 3.78. The van der Waals surface area contributed by atoms with E-state index in [1.807, 2.05) is 44.2 Å². The smallest absolute Gasteiger partial charge is 0.167 e. The minimum Gasteiger partial charge on any atom is -0.511 e. The van der Waals surface area contributed by atoms with Crippen molar-refractivity contribution in [2.75, 3.05) is 0 Å². The third-order valence-electron chi connectivity index (χ3n) is 4.48. The van der Waals surface area contributed by atoms with Gasteiger partial charge in [-0.3, -0.25) is 9.78 Å². The van der Waals surface area contributed by atoms with Gasteiger partial charge in [-0.15, -0.1) is 6.42 Å². The van der Waals surface area contributed by atoms with Crippen LogP contribution >= 0.6 is 0 Å². The zero-order valence-corrected chi connectivity index (χ0v) is 13.8.